The third-order valence-corrected chi connectivity index (χ3v) is 1.47. The monoisotopic (exact) mass is 191 g/mol. The van der Waals surface area contributed by atoms with E-state index < -0.39 is 0 Å². The van der Waals surface area contributed by atoms with Gasteiger partial charge >= 0.3 is 0 Å². The molecule has 1 aromatic heterocycles. The zero-order chi connectivity index (χ0) is 10.4. The number of hydrogen-bond donors (Lipinski definition) is 1. The molecule has 1 heterocycles. The van der Waals surface area contributed by atoms with Crippen molar-refractivity contribution >= 4 is 5.95 Å². The smallest absolute Gasteiger partial charge is 0.226 e. The summed E-state index contributed by atoms with van der Waals surface area (Å²) in [4.78, 5) is 8.28. The summed E-state index contributed by atoms with van der Waals surface area (Å²) in [6.07, 6.45) is 5.11. The topological polar surface area (TPSA) is 47.0 Å². The number of anilines is 1. The normalized spacial score (nSPS) is 9.21. The molecule has 0 bridgehead atoms. The summed E-state index contributed by atoms with van der Waals surface area (Å²) in [5.41, 5.74) is 0.850. The molecule has 0 aliphatic heterocycles. The summed E-state index contributed by atoms with van der Waals surface area (Å²) < 4.78 is 5.26. The van der Waals surface area contributed by atoms with E-state index in [4.69, 9.17) is 11.2 Å². The average Bonchev–Trinajstić information content (AvgIpc) is 2.14. The van der Waals surface area contributed by atoms with Crippen molar-refractivity contribution in [1.82, 2.24) is 9.97 Å². The lowest BCUT2D eigenvalue weighted by Gasteiger charge is -2.06. The highest BCUT2D eigenvalue weighted by atomic mass is 16.5. The molecule has 0 saturated heterocycles. The molecule has 1 rings (SSSR count). The van der Waals surface area contributed by atoms with E-state index in [0.717, 1.165) is 5.69 Å². The first-order valence-electron chi connectivity index (χ1n) is 4.42. The van der Waals surface area contributed by atoms with Gasteiger partial charge in [-0.1, -0.05) is 5.92 Å². The molecule has 0 saturated carbocycles. The van der Waals surface area contributed by atoms with E-state index in [2.05, 4.69) is 21.2 Å². The minimum absolute atomic E-state index is 0.412. The summed E-state index contributed by atoms with van der Waals surface area (Å²) in [6.45, 7) is 4.79. The van der Waals surface area contributed by atoms with Crippen molar-refractivity contribution in [2.24, 2.45) is 0 Å². The first-order valence-corrected chi connectivity index (χ1v) is 4.42. The van der Waals surface area contributed by atoms with Gasteiger partial charge in [0.2, 0.25) is 11.8 Å². The number of aryl methyl sites for hydroxylation is 1. The molecule has 0 radical (unpaired) electrons. The Labute approximate surface area is 83.7 Å². The molecule has 0 aliphatic rings. The predicted octanol–water partition coefficient (Wildman–Crippen LogP) is 1.23. The van der Waals surface area contributed by atoms with Gasteiger partial charge in [-0.05, 0) is 13.8 Å². The highest BCUT2D eigenvalue weighted by Gasteiger charge is 2.00. The summed E-state index contributed by atoms with van der Waals surface area (Å²) in [5.74, 6) is 3.53. The van der Waals surface area contributed by atoms with Gasteiger partial charge in [-0.3, -0.25) is 0 Å². The average molecular weight is 191 g/mol. The predicted molar refractivity (Wildman–Crippen MR) is 55.3 cm³/mol. The Morgan fingerprint density at radius 1 is 1.57 bits per heavy atom. The van der Waals surface area contributed by atoms with E-state index in [0.29, 0.717) is 25.0 Å². The van der Waals surface area contributed by atoms with Crippen LogP contribution in [0.25, 0.3) is 0 Å². The molecule has 14 heavy (non-hydrogen) atoms. The number of ether oxygens (including phenoxy) is 1. The number of terminal acetylenes is 1. The highest BCUT2D eigenvalue weighted by Crippen LogP contribution is 2.11. The van der Waals surface area contributed by atoms with Crippen molar-refractivity contribution < 1.29 is 4.74 Å². The fraction of sp³-hybridized carbons (Fsp3) is 0.400. The molecule has 74 valence electrons. The Morgan fingerprint density at radius 3 is 3.00 bits per heavy atom. The van der Waals surface area contributed by atoms with Crippen LogP contribution >= 0.6 is 0 Å². The Morgan fingerprint density at radius 2 is 2.36 bits per heavy atom. The number of hydrogen-bond acceptors (Lipinski definition) is 4. The van der Waals surface area contributed by atoms with Crippen molar-refractivity contribution in [3.63, 3.8) is 0 Å². The quantitative estimate of drug-likeness (QED) is 0.727. The summed E-state index contributed by atoms with van der Waals surface area (Å²) in [5, 5.41) is 2.90. The van der Waals surface area contributed by atoms with Crippen LogP contribution < -0.4 is 10.1 Å². The second-order valence-corrected chi connectivity index (χ2v) is 2.66. The summed E-state index contributed by atoms with van der Waals surface area (Å²) in [6, 6.07) is 1.78. The summed E-state index contributed by atoms with van der Waals surface area (Å²) in [7, 11) is 0. The zero-order valence-electron chi connectivity index (χ0n) is 8.37. The molecule has 1 aromatic rings. The highest BCUT2D eigenvalue weighted by molar-refractivity contribution is 5.31. The molecule has 0 aromatic carbocycles. The standard InChI is InChI=1S/C10H13N3O/c1-4-6-11-10-12-8(3)7-9(13-10)14-5-2/h1,7H,5-6H2,2-3H3,(H,11,12,13). The van der Waals surface area contributed by atoms with Crippen LogP contribution in [0.5, 0.6) is 5.88 Å². The van der Waals surface area contributed by atoms with Gasteiger partial charge in [0.15, 0.2) is 0 Å². The number of rotatable bonds is 4. The van der Waals surface area contributed by atoms with Gasteiger partial charge in [0.05, 0.1) is 13.2 Å². The van der Waals surface area contributed by atoms with Crippen molar-refractivity contribution in [3.8, 4) is 18.2 Å². The molecule has 1 N–H and O–H groups in total. The van der Waals surface area contributed by atoms with Crippen LogP contribution in [0.1, 0.15) is 12.6 Å². The third kappa shape index (κ3) is 2.94. The Bertz CT molecular complexity index is 344. The lowest BCUT2D eigenvalue weighted by molar-refractivity contribution is 0.326. The molecule has 0 unspecified atom stereocenters. The van der Waals surface area contributed by atoms with Gasteiger partial charge < -0.3 is 10.1 Å². The van der Waals surface area contributed by atoms with Gasteiger partial charge in [0.25, 0.3) is 0 Å². The minimum atomic E-state index is 0.412. The molecule has 4 nitrogen and oxygen atoms in total. The molecule has 0 atom stereocenters. The number of nitrogens with one attached hydrogen (secondary N) is 1. The first-order chi connectivity index (χ1) is 6.76. The van der Waals surface area contributed by atoms with Crippen molar-refractivity contribution in [1.29, 1.82) is 0 Å². The van der Waals surface area contributed by atoms with E-state index in [1.807, 2.05) is 13.8 Å². The fourth-order valence-electron chi connectivity index (χ4n) is 0.971. The second kappa shape index (κ2) is 5.07. The SMILES string of the molecule is C#CCNc1nc(C)cc(OCC)n1. The van der Waals surface area contributed by atoms with Crippen molar-refractivity contribution in [2.75, 3.05) is 18.5 Å². The molecule has 0 fully saturated rings. The fourth-order valence-corrected chi connectivity index (χ4v) is 0.971. The third-order valence-electron chi connectivity index (χ3n) is 1.47. The van der Waals surface area contributed by atoms with Crippen molar-refractivity contribution in [3.05, 3.63) is 11.8 Å². The lowest BCUT2D eigenvalue weighted by atomic mass is 10.4. The van der Waals surface area contributed by atoms with Gasteiger partial charge in [0.1, 0.15) is 0 Å². The maximum atomic E-state index is 5.26. The van der Waals surface area contributed by atoms with Crippen LogP contribution in [0.4, 0.5) is 5.95 Å². The molecule has 0 amide bonds. The number of aromatic nitrogens is 2. The zero-order valence-corrected chi connectivity index (χ0v) is 8.37. The van der Waals surface area contributed by atoms with Crippen LogP contribution in [-0.4, -0.2) is 23.1 Å². The first kappa shape index (κ1) is 10.3. The van der Waals surface area contributed by atoms with E-state index in [9.17, 15) is 0 Å². The van der Waals surface area contributed by atoms with E-state index >= 15 is 0 Å². The van der Waals surface area contributed by atoms with Gasteiger partial charge in [-0.15, -0.1) is 6.42 Å². The van der Waals surface area contributed by atoms with Crippen LogP contribution in [-0.2, 0) is 0 Å². The molecule has 0 aliphatic carbocycles. The maximum absolute atomic E-state index is 5.26. The van der Waals surface area contributed by atoms with Crippen LogP contribution in [0.15, 0.2) is 6.07 Å². The lowest BCUT2D eigenvalue weighted by Crippen LogP contribution is -2.06. The van der Waals surface area contributed by atoms with Crippen LogP contribution in [0.2, 0.25) is 0 Å². The minimum Gasteiger partial charge on any atom is -0.478 e. The Hall–Kier alpha value is -1.76. The molecular weight excluding hydrogens is 178 g/mol. The largest absolute Gasteiger partial charge is 0.478 e. The van der Waals surface area contributed by atoms with Gasteiger partial charge in [-0.25, -0.2) is 4.98 Å². The summed E-state index contributed by atoms with van der Waals surface area (Å²) >= 11 is 0. The van der Waals surface area contributed by atoms with Crippen molar-refractivity contribution in [2.45, 2.75) is 13.8 Å². The molecule has 4 heteroatoms. The van der Waals surface area contributed by atoms with E-state index in [1.165, 1.54) is 0 Å². The van der Waals surface area contributed by atoms with Gasteiger partial charge in [-0.2, -0.15) is 4.98 Å². The molecule has 0 spiro atoms. The van der Waals surface area contributed by atoms with E-state index in [1.54, 1.807) is 6.07 Å². The Balaban J connectivity index is 2.79. The number of nitrogens with zero attached hydrogens (tertiary/aromatic N) is 2. The maximum Gasteiger partial charge on any atom is 0.226 e. The molecular formula is C10H13N3O. The van der Waals surface area contributed by atoms with E-state index in [-0.39, 0.29) is 0 Å². The van der Waals surface area contributed by atoms with Crippen LogP contribution in [0.3, 0.4) is 0 Å². The van der Waals surface area contributed by atoms with Gasteiger partial charge in [0, 0.05) is 11.8 Å². The van der Waals surface area contributed by atoms with Crippen LogP contribution in [0, 0.1) is 19.3 Å². The second-order valence-electron chi connectivity index (χ2n) is 2.66. The Kier molecular flexibility index (Phi) is 3.74.